The number of methoxy groups -OCH3 is 1. The van der Waals surface area contributed by atoms with Crippen LogP contribution in [0.25, 0.3) is 0 Å². The Morgan fingerprint density at radius 3 is 2.88 bits per heavy atom. The van der Waals surface area contributed by atoms with Crippen molar-refractivity contribution in [1.82, 2.24) is 10.6 Å². The average Bonchev–Trinajstić information content (AvgIpc) is 3.10. The number of carbonyl (C=O) groups excluding carboxylic acids is 1. The van der Waals surface area contributed by atoms with Gasteiger partial charge in [0.2, 0.25) is 5.91 Å². The molecule has 1 aromatic carbocycles. The van der Waals surface area contributed by atoms with E-state index in [0.717, 1.165) is 24.2 Å². The van der Waals surface area contributed by atoms with Crippen LogP contribution in [0.2, 0.25) is 0 Å². The zero-order chi connectivity index (χ0) is 18.9. The summed E-state index contributed by atoms with van der Waals surface area (Å²) in [6.45, 7) is 1.03. The summed E-state index contributed by atoms with van der Waals surface area (Å²) >= 11 is 0. The van der Waals surface area contributed by atoms with Crippen LogP contribution < -0.4 is 21.1 Å². The monoisotopic (exact) mass is 363 g/mol. The van der Waals surface area contributed by atoms with Crippen LogP contribution in [0.5, 0.6) is 5.75 Å². The first-order valence-electron chi connectivity index (χ1n) is 9.14. The molecule has 26 heavy (non-hydrogen) atoms. The second-order valence-electron chi connectivity index (χ2n) is 6.71. The number of carboxylic acid groups (broad SMARTS) is 1. The molecule has 0 aliphatic heterocycles. The quantitative estimate of drug-likeness (QED) is 0.498. The van der Waals surface area contributed by atoms with Gasteiger partial charge in [0, 0.05) is 12.6 Å². The number of amides is 1. The molecule has 0 aromatic heterocycles. The number of rotatable bonds is 10. The lowest BCUT2D eigenvalue weighted by Gasteiger charge is -2.23. The van der Waals surface area contributed by atoms with Crippen LogP contribution in [0.15, 0.2) is 24.3 Å². The van der Waals surface area contributed by atoms with Crippen LogP contribution in [0.1, 0.15) is 37.7 Å². The molecule has 2 rings (SSSR count). The van der Waals surface area contributed by atoms with Crippen LogP contribution in [-0.4, -0.2) is 42.7 Å². The van der Waals surface area contributed by atoms with Crippen LogP contribution >= 0.6 is 0 Å². The Morgan fingerprint density at radius 2 is 2.19 bits per heavy atom. The van der Waals surface area contributed by atoms with Gasteiger partial charge in [-0.2, -0.15) is 0 Å². The average molecular weight is 363 g/mol. The van der Waals surface area contributed by atoms with Crippen molar-refractivity contribution in [3.8, 4) is 5.75 Å². The molecule has 1 aliphatic carbocycles. The first-order chi connectivity index (χ1) is 12.5. The number of nitrogens with two attached hydrogens (primary N) is 1. The zero-order valence-electron chi connectivity index (χ0n) is 15.2. The molecule has 1 amide bonds. The molecular weight excluding hydrogens is 334 g/mol. The maximum atomic E-state index is 12.7. The molecule has 144 valence electrons. The first-order valence-corrected chi connectivity index (χ1v) is 9.14. The molecule has 0 spiro atoms. The Bertz CT molecular complexity index is 608. The number of hydrogen-bond acceptors (Lipinski definition) is 5. The van der Waals surface area contributed by atoms with Crippen LogP contribution in [0, 0.1) is 5.92 Å². The molecule has 3 atom stereocenters. The topological polar surface area (TPSA) is 114 Å². The van der Waals surface area contributed by atoms with Gasteiger partial charge in [0.1, 0.15) is 5.75 Å². The fourth-order valence-electron chi connectivity index (χ4n) is 3.38. The van der Waals surface area contributed by atoms with Crippen molar-refractivity contribution in [3.05, 3.63) is 29.8 Å². The minimum absolute atomic E-state index is 0.153. The molecule has 7 heteroatoms. The fourth-order valence-corrected chi connectivity index (χ4v) is 3.38. The standard InChI is InChI=1S/C19H29N3O4/c1-26-14-6-2-5-13(11-14)12-21-17(9-4-10-20)18(23)22-16-8-3-7-15(16)19(24)25/h2,5-6,11,15-17,21H,3-4,7-10,12,20H2,1H3,(H,22,23)(H,24,25)/t15-,16+,17+/m1/s1. The number of carboxylic acids is 1. The summed E-state index contributed by atoms with van der Waals surface area (Å²) in [5.41, 5.74) is 6.61. The lowest BCUT2D eigenvalue weighted by Crippen LogP contribution is -2.49. The van der Waals surface area contributed by atoms with Gasteiger partial charge >= 0.3 is 5.97 Å². The maximum absolute atomic E-state index is 12.7. The van der Waals surface area contributed by atoms with Gasteiger partial charge in [0.15, 0.2) is 0 Å². The third kappa shape index (κ3) is 5.71. The zero-order valence-corrected chi connectivity index (χ0v) is 15.2. The minimum atomic E-state index is -0.837. The predicted molar refractivity (Wildman–Crippen MR) is 98.8 cm³/mol. The molecule has 1 aliphatic rings. The molecule has 1 fully saturated rings. The second kappa shape index (κ2) is 10.1. The van der Waals surface area contributed by atoms with E-state index in [1.165, 1.54) is 0 Å². The highest BCUT2D eigenvalue weighted by Gasteiger charge is 2.35. The van der Waals surface area contributed by atoms with E-state index in [1.807, 2.05) is 24.3 Å². The number of ether oxygens (including phenoxy) is 1. The van der Waals surface area contributed by atoms with Gasteiger partial charge in [-0.25, -0.2) is 0 Å². The smallest absolute Gasteiger partial charge is 0.308 e. The largest absolute Gasteiger partial charge is 0.497 e. The molecule has 0 radical (unpaired) electrons. The van der Waals surface area contributed by atoms with Crippen molar-refractivity contribution in [3.63, 3.8) is 0 Å². The van der Waals surface area contributed by atoms with E-state index in [4.69, 9.17) is 10.5 Å². The molecule has 1 saturated carbocycles. The van der Waals surface area contributed by atoms with Gasteiger partial charge in [0.05, 0.1) is 19.1 Å². The second-order valence-corrected chi connectivity index (χ2v) is 6.71. The van der Waals surface area contributed by atoms with E-state index in [0.29, 0.717) is 32.4 Å². The van der Waals surface area contributed by atoms with E-state index in [1.54, 1.807) is 7.11 Å². The highest BCUT2D eigenvalue weighted by Crippen LogP contribution is 2.26. The Kier molecular flexibility index (Phi) is 7.87. The van der Waals surface area contributed by atoms with Gasteiger partial charge in [0.25, 0.3) is 0 Å². The molecule has 1 aromatic rings. The van der Waals surface area contributed by atoms with Crippen LogP contribution in [0.3, 0.4) is 0 Å². The molecule has 5 N–H and O–H groups in total. The first kappa shape index (κ1) is 20.2. The van der Waals surface area contributed by atoms with Gasteiger partial charge in [-0.15, -0.1) is 0 Å². The number of hydrogen-bond donors (Lipinski definition) is 4. The van der Waals surface area contributed by atoms with Crippen LogP contribution in [-0.2, 0) is 16.1 Å². The van der Waals surface area contributed by atoms with E-state index in [9.17, 15) is 14.7 Å². The SMILES string of the molecule is COc1cccc(CN[C@@H](CCCN)C(=O)N[C@H]2CCC[C@H]2C(=O)O)c1. The molecule has 0 unspecified atom stereocenters. The van der Waals surface area contributed by atoms with Crippen molar-refractivity contribution in [2.75, 3.05) is 13.7 Å². The van der Waals surface area contributed by atoms with Gasteiger partial charge in [-0.1, -0.05) is 18.6 Å². The minimum Gasteiger partial charge on any atom is -0.497 e. The summed E-state index contributed by atoms with van der Waals surface area (Å²) in [6, 6.07) is 6.96. The van der Waals surface area contributed by atoms with Gasteiger partial charge < -0.3 is 26.2 Å². The number of nitrogens with one attached hydrogen (secondary N) is 2. The predicted octanol–water partition coefficient (Wildman–Crippen LogP) is 1.26. The molecule has 0 bridgehead atoms. The lowest BCUT2D eigenvalue weighted by molar-refractivity contribution is -0.142. The highest BCUT2D eigenvalue weighted by molar-refractivity contribution is 5.83. The summed E-state index contributed by atoms with van der Waals surface area (Å²) in [5, 5.41) is 15.5. The van der Waals surface area contributed by atoms with Crippen molar-refractivity contribution in [2.45, 2.75) is 50.7 Å². The maximum Gasteiger partial charge on any atom is 0.308 e. The van der Waals surface area contributed by atoms with E-state index in [2.05, 4.69) is 10.6 Å². The molecule has 0 saturated heterocycles. The fraction of sp³-hybridized carbons (Fsp3) is 0.579. The Labute approximate surface area is 154 Å². The van der Waals surface area contributed by atoms with Crippen molar-refractivity contribution in [2.24, 2.45) is 11.7 Å². The van der Waals surface area contributed by atoms with Crippen molar-refractivity contribution >= 4 is 11.9 Å². The normalized spacial score (nSPS) is 20.5. The van der Waals surface area contributed by atoms with Gasteiger partial charge in [-0.05, 0) is 49.9 Å². The summed E-state index contributed by atoms with van der Waals surface area (Å²) in [4.78, 5) is 24.0. The lowest BCUT2D eigenvalue weighted by atomic mass is 10.0. The van der Waals surface area contributed by atoms with Crippen LogP contribution in [0.4, 0.5) is 0 Å². The third-order valence-electron chi connectivity index (χ3n) is 4.86. The summed E-state index contributed by atoms with van der Waals surface area (Å²) in [7, 11) is 1.62. The van der Waals surface area contributed by atoms with E-state index >= 15 is 0 Å². The molecule has 7 nitrogen and oxygen atoms in total. The van der Waals surface area contributed by atoms with E-state index in [-0.39, 0.29) is 11.9 Å². The Hall–Kier alpha value is -2.12. The number of aliphatic carboxylic acids is 1. The Balaban J connectivity index is 1.96. The molecule has 0 heterocycles. The summed E-state index contributed by atoms with van der Waals surface area (Å²) in [5.74, 6) is -0.717. The van der Waals surface area contributed by atoms with Crippen molar-refractivity contribution < 1.29 is 19.4 Å². The van der Waals surface area contributed by atoms with Crippen molar-refractivity contribution in [1.29, 1.82) is 0 Å². The van der Waals surface area contributed by atoms with E-state index < -0.39 is 17.9 Å². The summed E-state index contributed by atoms with van der Waals surface area (Å²) < 4.78 is 5.22. The molecular formula is C19H29N3O4. The summed E-state index contributed by atoms with van der Waals surface area (Å²) in [6.07, 6.45) is 3.48. The Morgan fingerprint density at radius 1 is 1.38 bits per heavy atom. The number of carbonyl (C=O) groups is 2. The third-order valence-corrected chi connectivity index (χ3v) is 4.86. The highest BCUT2D eigenvalue weighted by atomic mass is 16.5. The van der Waals surface area contributed by atoms with Gasteiger partial charge in [-0.3, -0.25) is 9.59 Å². The number of benzene rings is 1.